The molecule has 0 unspecified atom stereocenters. The van der Waals surface area contributed by atoms with E-state index in [4.69, 9.17) is 9.15 Å². The fraction of sp³-hybridized carbons (Fsp3) is 0.385. The van der Waals surface area contributed by atoms with Crippen molar-refractivity contribution in [3.8, 4) is 5.75 Å². The number of carbonyl (C=O) groups excluding carboxylic acids is 1. The van der Waals surface area contributed by atoms with Gasteiger partial charge in [0, 0.05) is 38.2 Å². The summed E-state index contributed by atoms with van der Waals surface area (Å²) in [6, 6.07) is 10.6. The highest BCUT2D eigenvalue weighted by atomic mass is 16.5. The molecule has 1 aliphatic rings. The summed E-state index contributed by atoms with van der Waals surface area (Å²) in [7, 11) is 3.22. The Labute approximate surface area is 201 Å². The van der Waals surface area contributed by atoms with Crippen LogP contribution < -0.4 is 21.3 Å². The number of aromatic nitrogens is 3. The zero-order chi connectivity index (χ0) is 24.7. The number of hydrogen-bond donors (Lipinski definition) is 1. The van der Waals surface area contributed by atoms with Gasteiger partial charge in [-0.1, -0.05) is 0 Å². The number of methoxy groups -OCH3 is 1. The summed E-state index contributed by atoms with van der Waals surface area (Å²) in [6.45, 7) is 2.13. The van der Waals surface area contributed by atoms with Crippen molar-refractivity contribution in [2.75, 3.05) is 12.4 Å². The second-order valence-electron chi connectivity index (χ2n) is 9.26. The number of nitrogens with one attached hydrogen (secondary N) is 1. The van der Waals surface area contributed by atoms with Gasteiger partial charge < -0.3 is 14.5 Å². The molecule has 2 heterocycles. The number of amides is 1. The third-order valence-electron chi connectivity index (χ3n) is 6.98. The van der Waals surface area contributed by atoms with Crippen molar-refractivity contribution in [1.29, 1.82) is 0 Å². The topological polar surface area (TPSA) is 108 Å². The van der Waals surface area contributed by atoms with Crippen molar-refractivity contribution in [3.63, 3.8) is 0 Å². The summed E-state index contributed by atoms with van der Waals surface area (Å²) in [5, 5.41) is 3.44. The van der Waals surface area contributed by atoms with E-state index in [0.29, 0.717) is 53.2 Å². The van der Waals surface area contributed by atoms with Gasteiger partial charge in [0.15, 0.2) is 11.5 Å². The Balaban J connectivity index is 1.27. The Kier molecular flexibility index (Phi) is 5.92. The number of oxazole rings is 1. The van der Waals surface area contributed by atoms with Crippen molar-refractivity contribution in [2.24, 2.45) is 18.9 Å². The number of nitrogens with zero attached hydrogens (tertiary/aromatic N) is 3. The van der Waals surface area contributed by atoms with E-state index in [1.165, 1.54) is 9.13 Å². The molecule has 5 rings (SSSR count). The molecule has 2 aromatic heterocycles. The first kappa shape index (κ1) is 22.9. The van der Waals surface area contributed by atoms with Crippen LogP contribution in [0.2, 0.25) is 0 Å². The molecule has 9 heteroatoms. The molecule has 1 saturated carbocycles. The van der Waals surface area contributed by atoms with E-state index < -0.39 is 0 Å². The Bertz CT molecular complexity index is 1540. The Morgan fingerprint density at radius 3 is 2.66 bits per heavy atom. The molecule has 35 heavy (non-hydrogen) atoms. The van der Waals surface area contributed by atoms with Gasteiger partial charge in [0.2, 0.25) is 5.91 Å². The molecule has 2 aromatic carbocycles. The number of ether oxygens (including phenoxy) is 1. The van der Waals surface area contributed by atoms with Crippen molar-refractivity contribution in [1.82, 2.24) is 14.1 Å². The van der Waals surface area contributed by atoms with Crippen LogP contribution >= 0.6 is 0 Å². The van der Waals surface area contributed by atoms with E-state index in [-0.39, 0.29) is 29.0 Å². The molecule has 0 bridgehead atoms. The zero-order valence-corrected chi connectivity index (χ0v) is 20.0. The van der Waals surface area contributed by atoms with Gasteiger partial charge in [-0.25, -0.2) is 9.78 Å². The number of rotatable bonds is 5. The molecule has 1 N–H and O–H groups in total. The number of anilines is 1. The van der Waals surface area contributed by atoms with Crippen LogP contribution in [0.25, 0.3) is 22.0 Å². The van der Waals surface area contributed by atoms with E-state index in [0.717, 1.165) is 18.4 Å². The zero-order valence-electron chi connectivity index (χ0n) is 20.0. The lowest BCUT2D eigenvalue weighted by atomic mass is 9.81. The summed E-state index contributed by atoms with van der Waals surface area (Å²) in [5.41, 5.74) is 2.03. The van der Waals surface area contributed by atoms with Crippen LogP contribution in [0.1, 0.15) is 31.6 Å². The van der Waals surface area contributed by atoms with Crippen molar-refractivity contribution in [2.45, 2.75) is 39.2 Å². The monoisotopic (exact) mass is 476 g/mol. The molecule has 1 fully saturated rings. The lowest BCUT2D eigenvalue weighted by molar-refractivity contribution is -0.121. The van der Waals surface area contributed by atoms with Crippen LogP contribution in [0.4, 0.5) is 5.69 Å². The lowest BCUT2D eigenvalue weighted by Gasteiger charge is -2.28. The number of carbonyl (C=O) groups is 1. The van der Waals surface area contributed by atoms with Gasteiger partial charge in [-0.15, -0.1) is 0 Å². The minimum atomic E-state index is -0.328. The van der Waals surface area contributed by atoms with E-state index in [1.807, 2.05) is 12.1 Å². The van der Waals surface area contributed by atoms with Crippen molar-refractivity contribution < 1.29 is 13.9 Å². The van der Waals surface area contributed by atoms with E-state index >= 15 is 0 Å². The molecule has 9 nitrogen and oxygen atoms in total. The average Bonchev–Trinajstić information content (AvgIpc) is 3.24. The van der Waals surface area contributed by atoms with Crippen LogP contribution in [0.5, 0.6) is 5.75 Å². The Morgan fingerprint density at radius 2 is 1.91 bits per heavy atom. The van der Waals surface area contributed by atoms with Crippen LogP contribution in [-0.4, -0.2) is 27.1 Å². The normalized spacial score (nSPS) is 18.1. The van der Waals surface area contributed by atoms with Crippen LogP contribution in [0, 0.1) is 18.8 Å². The summed E-state index contributed by atoms with van der Waals surface area (Å²) in [4.78, 5) is 43.2. The van der Waals surface area contributed by atoms with Crippen LogP contribution in [0.3, 0.4) is 0 Å². The highest BCUT2D eigenvalue weighted by molar-refractivity contribution is 5.94. The third-order valence-corrected chi connectivity index (χ3v) is 6.98. The molecular weight excluding hydrogens is 448 g/mol. The van der Waals surface area contributed by atoms with Gasteiger partial charge in [-0.2, -0.15) is 0 Å². The molecule has 0 saturated heterocycles. The second-order valence-corrected chi connectivity index (χ2v) is 9.26. The Hall–Kier alpha value is -3.88. The molecule has 0 aliphatic heterocycles. The van der Waals surface area contributed by atoms with Crippen molar-refractivity contribution >= 4 is 33.6 Å². The van der Waals surface area contributed by atoms with Gasteiger partial charge in [0.1, 0.15) is 11.3 Å². The fourth-order valence-electron chi connectivity index (χ4n) is 5.01. The van der Waals surface area contributed by atoms with Gasteiger partial charge in [-0.05, 0) is 61.9 Å². The minimum absolute atomic E-state index is 0.0232. The highest BCUT2D eigenvalue weighted by Gasteiger charge is 2.27. The Morgan fingerprint density at radius 1 is 1.14 bits per heavy atom. The quantitative estimate of drug-likeness (QED) is 0.472. The summed E-state index contributed by atoms with van der Waals surface area (Å²) >= 11 is 0. The second kappa shape index (κ2) is 9.05. The summed E-state index contributed by atoms with van der Waals surface area (Å²) in [5.74, 6) is 1.18. The van der Waals surface area contributed by atoms with Gasteiger partial charge in [0.25, 0.3) is 5.56 Å². The maximum atomic E-state index is 13.1. The molecule has 0 atom stereocenters. The first-order chi connectivity index (χ1) is 16.8. The largest absolute Gasteiger partial charge is 0.497 e. The lowest BCUT2D eigenvalue weighted by Crippen LogP contribution is -2.41. The first-order valence-electron chi connectivity index (χ1n) is 11.8. The van der Waals surface area contributed by atoms with E-state index in [9.17, 15) is 14.4 Å². The molecule has 182 valence electrons. The fourth-order valence-corrected chi connectivity index (χ4v) is 5.01. The summed E-state index contributed by atoms with van der Waals surface area (Å²) < 4.78 is 13.6. The third kappa shape index (κ3) is 4.34. The molecule has 1 amide bonds. The smallest absolute Gasteiger partial charge is 0.331 e. The highest BCUT2D eigenvalue weighted by Crippen LogP contribution is 2.31. The molecule has 0 spiro atoms. The average molecular weight is 477 g/mol. The van der Waals surface area contributed by atoms with E-state index in [1.54, 1.807) is 45.3 Å². The molecule has 0 radical (unpaired) electrons. The maximum absolute atomic E-state index is 13.1. The summed E-state index contributed by atoms with van der Waals surface area (Å²) in [6.07, 6.45) is 2.95. The number of fused-ring (bicyclic) bond motifs is 2. The predicted octanol–water partition coefficient (Wildman–Crippen LogP) is 3.60. The standard InChI is InChI=1S/C26H28N4O5/c1-15-27-21-10-8-18(12-23(21)35-15)28-24(31)17-6-4-16(5-7-17)14-30-25(32)20-13-19(34-3)9-11-22(20)29(2)26(30)33/h8-13,16-17H,4-7,14H2,1-3H3,(H,28,31). The molecule has 4 aromatic rings. The molecular formula is C26H28N4O5. The molecule has 1 aliphatic carbocycles. The maximum Gasteiger partial charge on any atom is 0.331 e. The van der Waals surface area contributed by atoms with Crippen LogP contribution in [0.15, 0.2) is 50.4 Å². The first-order valence-corrected chi connectivity index (χ1v) is 11.8. The van der Waals surface area contributed by atoms with Gasteiger partial charge in [0.05, 0.1) is 18.0 Å². The SMILES string of the molecule is COc1ccc2c(c1)c(=O)n(CC1CCC(C(=O)Nc3ccc4nc(C)oc4c3)CC1)c(=O)n2C. The number of benzene rings is 2. The van der Waals surface area contributed by atoms with Gasteiger partial charge in [-0.3, -0.25) is 18.7 Å². The van der Waals surface area contributed by atoms with Crippen LogP contribution in [-0.2, 0) is 18.4 Å². The predicted molar refractivity (Wildman–Crippen MR) is 133 cm³/mol. The van der Waals surface area contributed by atoms with Gasteiger partial charge >= 0.3 is 5.69 Å². The minimum Gasteiger partial charge on any atom is -0.497 e. The number of hydrogen-bond acceptors (Lipinski definition) is 6. The van der Waals surface area contributed by atoms with Crippen molar-refractivity contribution in [3.05, 3.63) is 63.1 Å². The number of aryl methyl sites for hydroxylation is 2. The van der Waals surface area contributed by atoms with E-state index in [2.05, 4.69) is 10.3 Å².